The van der Waals surface area contributed by atoms with E-state index in [-0.39, 0.29) is 17.9 Å². The van der Waals surface area contributed by atoms with Crippen molar-refractivity contribution in [2.24, 2.45) is 5.92 Å². The molecule has 0 unspecified atom stereocenters. The minimum atomic E-state index is -0.0804. The van der Waals surface area contributed by atoms with Crippen molar-refractivity contribution < 1.29 is 0 Å². The first kappa shape index (κ1) is 7.84. The fourth-order valence-electron chi connectivity index (χ4n) is 1.92. The van der Waals surface area contributed by atoms with Gasteiger partial charge in [0.15, 0.2) is 0 Å². The molecule has 3 fully saturated rings. The van der Waals surface area contributed by atoms with Gasteiger partial charge in [-0.15, -0.1) is 12.4 Å². The summed E-state index contributed by atoms with van der Waals surface area (Å²) in [6, 6.07) is 2.34. The molecule has 0 atom stereocenters. The predicted molar refractivity (Wildman–Crippen MR) is 40.9 cm³/mol. The van der Waals surface area contributed by atoms with Gasteiger partial charge in [0.2, 0.25) is 0 Å². The summed E-state index contributed by atoms with van der Waals surface area (Å²) in [5.41, 5.74) is -0.0804. The Labute approximate surface area is 67.0 Å². The third kappa shape index (κ3) is 0.902. The van der Waals surface area contributed by atoms with Crippen molar-refractivity contribution in [1.82, 2.24) is 5.32 Å². The number of rotatable bonds is 0. The summed E-state index contributed by atoms with van der Waals surface area (Å²) in [6.07, 6.45) is 3.48. The zero-order valence-corrected chi connectivity index (χ0v) is 6.58. The smallest absolute Gasteiger partial charge is 0.107 e. The first-order chi connectivity index (χ1) is 4.35. The molecule has 3 aliphatic rings. The molecule has 3 heteroatoms. The number of halogens is 1. The molecule has 2 heterocycles. The molecule has 2 bridgehead atoms. The van der Waals surface area contributed by atoms with Gasteiger partial charge in [0, 0.05) is 0 Å². The first-order valence-corrected chi connectivity index (χ1v) is 3.51. The van der Waals surface area contributed by atoms with Crippen LogP contribution in [0, 0.1) is 17.2 Å². The van der Waals surface area contributed by atoms with Gasteiger partial charge in [-0.1, -0.05) is 0 Å². The van der Waals surface area contributed by atoms with Crippen molar-refractivity contribution in [3.8, 4) is 6.07 Å². The Morgan fingerprint density at radius 2 is 2.20 bits per heavy atom. The van der Waals surface area contributed by atoms with Gasteiger partial charge in [-0.05, 0) is 31.7 Å². The van der Waals surface area contributed by atoms with Crippen LogP contribution < -0.4 is 5.32 Å². The Morgan fingerprint density at radius 3 is 2.50 bits per heavy atom. The molecule has 1 aliphatic carbocycles. The summed E-state index contributed by atoms with van der Waals surface area (Å²) >= 11 is 0. The van der Waals surface area contributed by atoms with E-state index in [1.165, 1.54) is 6.42 Å². The highest BCUT2D eigenvalue weighted by Gasteiger charge is 2.47. The molecule has 1 N–H and O–H groups in total. The highest BCUT2D eigenvalue weighted by molar-refractivity contribution is 5.85. The highest BCUT2D eigenvalue weighted by atomic mass is 35.5. The van der Waals surface area contributed by atoms with Crippen LogP contribution in [-0.2, 0) is 0 Å². The maximum Gasteiger partial charge on any atom is 0.107 e. The Bertz CT molecular complexity index is 161. The molecule has 10 heavy (non-hydrogen) atoms. The van der Waals surface area contributed by atoms with Gasteiger partial charge >= 0.3 is 0 Å². The van der Waals surface area contributed by atoms with Gasteiger partial charge in [0.25, 0.3) is 0 Å². The molecule has 0 radical (unpaired) electrons. The van der Waals surface area contributed by atoms with Crippen LogP contribution in [0.2, 0.25) is 0 Å². The summed E-state index contributed by atoms with van der Waals surface area (Å²) in [5, 5.41) is 11.9. The number of hydrogen-bond acceptors (Lipinski definition) is 2. The minimum Gasteiger partial charge on any atom is -0.299 e. The largest absolute Gasteiger partial charge is 0.299 e. The Hall–Kier alpha value is -0.260. The van der Waals surface area contributed by atoms with Crippen LogP contribution in [-0.4, -0.2) is 12.1 Å². The average molecular weight is 159 g/mol. The Kier molecular flexibility index (Phi) is 1.89. The molecular formula is C7H11ClN2. The van der Waals surface area contributed by atoms with Crippen molar-refractivity contribution in [2.45, 2.75) is 24.8 Å². The molecule has 0 spiro atoms. The van der Waals surface area contributed by atoms with Gasteiger partial charge in [-0.25, -0.2) is 0 Å². The zero-order valence-electron chi connectivity index (χ0n) is 5.76. The maximum atomic E-state index is 8.68. The van der Waals surface area contributed by atoms with E-state index in [2.05, 4.69) is 11.4 Å². The van der Waals surface area contributed by atoms with Gasteiger partial charge < -0.3 is 0 Å². The van der Waals surface area contributed by atoms with Crippen LogP contribution >= 0.6 is 12.4 Å². The second-order valence-corrected chi connectivity index (χ2v) is 3.18. The fraction of sp³-hybridized carbons (Fsp3) is 0.857. The number of hydrogen-bond donors (Lipinski definition) is 1. The fourth-order valence-corrected chi connectivity index (χ4v) is 1.92. The predicted octanol–water partition coefficient (Wildman–Crippen LogP) is 1.07. The van der Waals surface area contributed by atoms with E-state index in [1.54, 1.807) is 0 Å². The molecular weight excluding hydrogens is 148 g/mol. The van der Waals surface area contributed by atoms with Crippen molar-refractivity contribution >= 4 is 12.4 Å². The van der Waals surface area contributed by atoms with E-state index in [0.717, 1.165) is 25.3 Å². The topological polar surface area (TPSA) is 35.8 Å². The van der Waals surface area contributed by atoms with E-state index in [0.29, 0.717) is 0 Å². The number of nitrogens with one attached hydrogen (secondary N) is 1. The SMILES string of the molecule is Cl.N#CC12CC(CCN1)C2. The van der Waals surface area contributed by atoms with Gasteiger partial charge in [-0.2, -0.15) is 5.26 Å². The van der Waals surface area contributed by atoms with Crippen LogP contribution in [0.4, 0.5) is 0 Å². The standard InChI is InChI=1S/C7H10N2.ClH/c8-5-7-3-6(4-7)1-2-9-7;/h6,9H,1-4H2;1H. The molecule has 0 aromatic rings. The molecule has 1 saturated carbocycles. The molecule has 3 rings (SSSR count). The van der Waals surface area contributed by atoms with Crippen molar-refractivity contribution in [1.29, 1.82) is 5.26 Å². The molecule has 0 amide bonds. The zero-order chi connectivity index (χ0) is 6.32. The number of nitriles is 1. The van der Waals surface area contributed by atoms with Crippen LogP contribution in [0.1, 0.15) is 19.3 Å². The molecule has 2 nitrogen and oxygen atoms in total. The second kappa shape index (κ2) is 2.41. The van der Waals surface area contributed by atoms with E-state index >= 15 is 0 Å². The molecule has 0 aromatic heterocycles. The summed E-state index contributed by atoms with van der Waals surface area (Å²) in [4.78, 5) is 0. The number of piperidine rings is 2. The quantitative estimate of drug-likeness (QED) is 0.573. The Balaban J connectivity index is 0.000000500. The second-order valence-electron chi connectivity index (χ2n) is 3.18. The first-order valence-electron chi connectivity index (χ1n) is 3.51. The molecule has 2 saturated heterocycles. The van der Waals surface area contributed by atoms with Crippen molar-refractivity contribution in [3.05, 3.63) is 0 Å². The van der Waals surface area contributed by atoms with E-state index < -0.39 is 0 Å². The van der Waals surface area contributed by atoms with Gasteiger partial charge in [0.05, 0.1) is 6.07 Å². The van der Waals surface area contributed by atoms with Crippen LogP contribution in [0.5, 0.6) is 0 Å². The van der Waals surface area contributed by atoms with Crippen LogP contribution in [0.3, 0.4) is 0 Å². The van der Waals surface area contributed by atoms with Gasteiger partial charge in [0.1, 0.15) is 5.54 Å². The van der Waals surface area contributed by atoms with Crippen molar-refractivity contribution in [3.63, 3.8) is 0 Å². The third-order valence-electron chi connectivity index (χ3n) is 2.50. The summed E-state index contributed by atoms with van der Waals surface area (Å²) in [6.45, 7) is 1.05. The molecule has 2 aliphatic heterocycles. The number of nitrogens with zero attached hydrogens (tertiary/aromatic N) is 1. The van der Waals surface area contributed by atoms with Crippen LogP contribution in [0.25, 0.3) is 0 Å². The Morgan fingerprint density at radius 1 is 1.50 bits per heavy atom. The monoisotopic (exact) mass is 158 g/mol. The van der Waals surface area contributed by atoms with E-state index in [9.17, 15) is 0 Å². The van der Waals surface area contributed by atoms with E-state index in [4.69, 9.17) is 5.26 Å². The lowest BCUT2D eigenvalue weighted by Crippen LogP contribution is -2.59. The number of fused-ring (bicyclic) bond motifs is 2. The average Bonchev–Trinajstić information content (AvgIpc) is 1.88. The summed E-state index contributed by atoms with van der Waals surface area (Å²) < 4.78 is 0. The van der Waals surface area contributed by atoms with Crippen molar-refractivity contribution in [2.75, 3.05) is 6.54 Å². The minimum absolute atomic E-state index is 0. The summed E-state index contributed by atoms with van der Waals surface area (Å²) in [5.74, 6) is 0.867. The van der Waals surface area contributed by atoms with Gasteiger partial charge in [-0.3, -0.25) is 5.32 Å². The summed E-state index contributed by atoms with van der Waals surface area (Å²) in [7, 11) is 0. The molecule has 56 valence electrons. The maximum absolute atomic E-state index is 8.68. The lowest BCUT2D eigenvalue weighted by Gasteiger charge is -2.48. The third-order valence-corrected chi connectivity index (χ3v) is 2.50. The van der Waals surface area contributed by atoms with E-state index in [1.807, 2.05) is 0 Å². The lowest BCUT2D eigenvalue weighted by molar-refractivity contribution is 0.101. The molecule has 0 aromatic carbocycles. The normalized spacial score (nSPS) is 42.5. The lowest BCUT2D eigenvalue weighted by atomic mass is 9.65. The highest BCUT2D eigenvalue weighted by Crippen LogP contribution is 2.42. The van der Waals surface area contributed by atoms with Crippen LogP contribution in [0.15, 0.2) is 0 Å².